The Labute approximate surface area is 208 Å². The van der Waals surface area contributed by atoms with Gasteiger partial charge in [0.15, 0.2) is 5.69 Å². The van der Waals surface area contributed by atoms with Gasteiger partial charge in [-0.25, -0.2) is 14.5 Å². The summed E-state index contributed by atoms with van der Waals surface area (Å²) in [6.07, 6.45) is 3.87. The van der Waals surface area contributed by atoms with E-state index in [4.69, 9.17) is 11.3 Å². The van der Waals surface area contributed by atoms with E-state index in [2.05, 4.69) is 10.2 Å². The number of nitrogens with zero attached hydrogens (tertiary/aromatic N) is 2. The molecule has 3 amide bonds. The molecule has 1 aliphatic heterocycles. The first-order chi connectivity index (χ1) is 17.3. The highest BCUT2D eigenvalue weighted by atomic mass is 16.5. The topological polar surface area (TPSA) is 117 Å². The first-order valence-electron chi connectivity index (χ1n) is 11.8. The van der Waals surface area contributed by atoms with Crippen LogP contribution in [0, 0.1) is 12.0 Å². The van der Waals surface area contributed by atoms with Gasteiger partial charge in [-0.15, -0.1) is 0 Å². The van der Waals surface area contributed by atoms with Gasteiger partial charge < -0.3 is 15.2 Å². The summed E-state index contributed by atoms with van der Waals surface area (Å²) in [5.74, 6) is -2.39. The van der Waals surface area contributed by atoms with Crippen molar-refractivity contribution in [3.05, 3.63) is 70.6 Å². The van der Waals surface area contributed by atoms with E-state index < -0.39 is 29.2 Å². The number of carbonyl (C=O) groups excluding carboxylic acids is 3. The Balaban J connectivity index is 1.47. The molecule has 1 heterocycles. The fourth-order valence-electron chi connectivity index (χ4n) is 5.00. The molecule has 4 rings (SSSR count). The van der Waals surface area contributed by atoms with Crippen LogP contribution < -0.4 is 10.2 Å². The molecule has 0 bridgehead atoms. The quantitative estimate of drug-likeness (QED) is 0.409. The number of nitrogens with one attached hydrogen (secondary N) is 1. The average Bonchev–Trinajstić information content (AvgIpc) is 3.46. The third kappa shape index (κ3) is 4.72. The van der Waals surface area contributed by atoms with Crippen molar-refractivity contribution in [2.24, 2.45) is 5.41 Å². The van der Waals surface area contributed by atoms with E-state index in [0.29, 0.717) is 37.1 Å². The number of imide groups is 1. The second-order valence-corrected chi connectivity index (χ2v) is 9.25. The van der Waals surface area contributed by atoms with Crippen LogP contribution in [-0.4, -0.2) is 48.6 Å². The standard InChI is InChI=1S/C27H27N3O6/c1-28-18-7-10-20-21(16-18)24(32)30(23(20)31)19-8-5-17(6-9-19)15-22(25(33)34)29-26(35)27(13-14-36-2)11-3-4-12-27/h5-10,16,22H,3-4,11-15H2,2H3,(H,29,35)(H,33,34). The first-order valence-corrected chi connectivity index (χ1v) is 11.8. The summed E-state index contributed by atoms with van der Waals surface area (Å²) >= 11 is 0. The van der Waals surface area contributed by atoms with Crippen LogP contribution in [0.25, 0.3) is 4.85 Å². The summed E-state index contributed by atoms with van der Waals surface area (Å²) in [6.45, 7) is 7.55. The van der Waals surface area contributed by atoms with E-state index in [1.54, 1.807) is 31.4 Å². The van der Waals surface area contributed by atoms with E-state index in [-0.39, 0.29) is 29.1 Å². The molecule has 0 radical (unpaired) electrons. The minimum atomic E-state index is -1.14. The highest BCUT2D eigenvalue weighted by Gasteiger charge is 2.42. The molecule has 1 saturated carbocycles. The summed E-state index contributed by atoms with van der Waals surface area (Å²) in [5.41, 5.74) is 1.06. The summed E-state index contributed by atoms with van der Waals surface area (Å²) in [6, 6.07) is 9.69. The molecule has 9 nitrogen and oxygen atoms in total. The van der Waals surface area contributed by atoms with Gasteiger partial charge in [0.1, 0.15) is 6.04 Å². The lowest BCUT2D eigenvalue weighted by Crippen LogP contribution is -2.49. The maximum absolute atomic E-state index is 13.1. The molecule has 1 unspecified atom stereocenters. The van der Waals surface area contributed by atoms with Crippen molar-refractivity contribution in [3.63, 3.8) is 0 Å². The summed E-state index contributed by atoms with van der Waals surface area (Å²) in [4.78, 5) is 55.1. The number of carbonyl (C=O) groups is 4. The second-order valence-electron chi connectivity index (χ2n) is 9.25. The molecule has 0 aromatic heterocycles. The number of hydrogen-bond acceptors (Lipinski definition) is 5. The Hall–Kier alpha value is -4.03. The van der Waals surface area contributed by atoms with E-state index >= 15 is 0 Å². The van der Waals surface area contributed by atoms with Crippen molar-refractivity contribution in [2.75, 3.05) is 18.6 Å². The Bertz CT molecular complexity index is 1240. The van der Waals surface area contributed by atoms with Crippen LogP contribution in [0.3, 0.4) is 0 Å². The van der Waals surface area contributed by atoms with Crippen molar-refractivity contribution in [1.29, 1.82) is 0 Å². The van der Waals surface area contributed by atoms with Gasteiger partial charge in [-0.05, 0) is 43.0 Å². The highest BCUT2D eigenvalue weighted by molar-refractivity contribution is 6.34. The third-order valence-corrected chi connectivity index (χ3v) is 7.06. The molecule has 1 atom stereocenters. The predicted molar refractivity (Wildman–Crippen MR) is 131 cm³/mol. The van der Waals surface area contributed by atoms with Gasteiger partial charge in [0.05, 0.1) is 23.2 Å². The third-order valence-electron chi connectivity index (χ3n) is 7.06. The van der Waals surface area contributed by atoms with Crippen LogP contribution in [0.1, 0.15) is 58.4 Å². The zero-order valence-corrected chi connectivity index (χ0v) is 20.0. The summed E-state index contributed by atoms with van der Waals surface area (Å²) in [5, 5.41) is 12.5. The van der Waals surface area contributed by atoms with E-state index in [0.717, 1.165) is 17.7 Å². The first kappa shape index (κ1) is 25.1. The van der Waals surface area contributed by atoms with Gasteiger partial charge in [0.25, 0.3) is 11.8 Å². The van der Waals surface area contributed by atoms with E-state index in [9.17, 15) is 24.3 Å². The molecular formula is C27H27N3O6. The number of aliphatic carboxylic acids is 1. The minimum absolute atomic E-state index is 0.0538. The number of carboxylic acid groups (broad SMARTS) is 1. The SMILES string of the molecule is [C-]#[N+]c1ccc2c(c1)C(=O)N(c1ccc(CC(NC(=O)C3(CCOC)CCCC3)C(=O)O)cc1)C2=O. The van der Waals surface area contributed by atoms with Gasteiger partial charge in [0, 0.05) is 25.7 Å². The normalized spacial score (nSPS) is 16.9. The number of benzene rings is 2. The van der Waals surface area contributed by atoms with Crippen LogP contribution in [0.5, 0.6) is 0 Å². The summed E-state index contributed by atoms with van der Waals surface area (Å²) < 4.78 is 5.17. The van der Waals surface area contributed by atoms with Crippen molar-refractivity contribution >= 4 is 35.1 Å². The molecule has 0 spiro atoms. The maximum atomic E-state index is 13.1. The number of ether oxygens (including phenoxy) is 1. The molecule has 2 N–H and O–H groups in total. The molecule has 36 heavy (non-hydrogen) atoms. The Kier molecular flexibility index (Phi) is 7.17. The molecule has 2 aliphatic rings. The monoisotopic (exact) mass is 489 g/mol. The zero-order valence-electron chi connectivity index (χ0n) is 20.0. The predicted octanol–water partition coefficient (Wildman–Crippen LogP) is 3.75. The number of methoxy groups -OCH3 is 1. The van der Waals surface area contributed by atoms with Crippen LogP contribution in [0.15, 0.2) is 42.5 Å². The van der Waals surface area contributed by atoms with E-state index in [1.165, 1.54) is 18.2 Å². The molecule has 1 fully saturated rings. The highest BCUT2D eigenvalue weighted by Crippen LogP contribution is 2.41. The fourth-order valence-corrected chi connectivity index (χ4v) is 5.00. The van der Waals surface area contributed by atoms with Gasteiger partial charge in [-0.1, -0.05) is 37.1 Å². The van der Waals surface area contributed by atoms with Crippen molar-refractivity contribution in [2.45, 2.75) is 44.6 Å². The molecule has 1 aliphatic carbocycles. The van der Waals surface area contributed by atoms with E-state index in [1.807, 2.05) is 0 Å². The van der Waals surface area contributed by atoms with Gasteiger partial charge in [0.2, 0.25) is 5.91 Å². The lowest BCUT2D eigenvalue weighted by atomic mass is 9.81. The number of amides is 3. The Morgan fingerprint density at radius 2 is 1.78 bits per heavy atom. The van der Waals surface area contributed by atoms with Gasteiger partial charge in [-0.3, -0.25) is 14.4 Å². The second kappa shape index (κ2) is 10.3. The van der Waals surface area contributed by atoms with Crippen LogP contribution in [0.4, 0.5) is 11.4 Å². The average molecular weight is 490 g/mol. The molecule has 186 valence electrons. The molecule has 2 aromatic carbocycles. The Morgan fingerprint density at radius 3 is 2.39 bits per heavy atom. The molecule has 0 saturated heterocycles. The smallest absolute Gasteiger partial charge is 0.326 e. The number of rotatable bonds is 9. The molecule has 2 aromatic rings. The zero-order chi connectivity index (χ0) is 25.9. The fraction of sp³-hybridized carbons (Fsp3) is 0.370. The van der Waals surface area contributed by atoms with Crippen molar-refractivity contribution in [3.8, 4) is 0 Å². The number of fused-ring (bicyclic) bond motifs is 1. The van der Waals surface area contributed by atoms with Crippen molar-refractivity contribution < 1.29 is 29.0 Å². The van der Waals surface area contributed by atoms with Gasteiger partial charge in [-0.2, -0.15) is 0 Å². The van der Waals surface area contributed by atoms with Crippen LogP contribution >= 0.6 is 0 Å². The molecule has 9 heteroatoms. The number of hydrogen-bond donors (Lipinski definition) is 2. The van der Waals surface area contributed by atoms with Crippen LogP contribution in [-0.2, 0) is 20.7 Å². The lowest BCUT2D eigenvalue weighted by Gasteiger charge is -2.29. The summed E-state index contributed by atoms with van der Waals surface area (Å²) in [7, 11) is 1.58. The lowest BCUT2D eigenvalue weighted by molar-refractivity contribution is -0.144. The number of anilines is 1. The molecular weight excluding hydrogens is 462 g/mol. The van der Waals surface area contributed by atoms with Gasteiger partial charge >= 0.3 is 5.97 Å². The van der Waals surface area contributed by atoms with Crippen molar-refractivity contribution in [1.82, 2.24) is 5.32 Å². The largest absolute Gasteiger partial charge is 0.480 e. The minimum Gasteiger partial charge on any atom is -0.480 e. The number of carboxylic acids is 1. The van der Waals surface area contributed by atoms with Crippen LogP contribution in [0.2, 0.25) is 0 Å². The Morgan fingerprint density at radius 1 is 1.11 bits per heavy atom. The maximum Gasteiger partial charge on any atom is 0.326 e.